The van der Waals surface area contributed by atoms with E-state index in [4.69, 9.17) is 0 Å². The summed E-state index contributed by atoms with van der Waals surface area (Å²) >= 11 is 0. The summed E-state index contributed by atoms with van der Waals surface area (Å²) in [7, 11) is 4.28. The number of nitrogens with one attached hydrogen (secondary N) is 1. The topological polar surface area (TPSA) is 52.2 Å². The number of piperidine rings is 1. The third-order valence-electron chi connectivity index (χ3n) is 4.87. The minimum atomic E-state index is -0.819. The van der Waals surface area contributed by atoms with Crippen LogP contribution in [0.3, 0.4) is 0 Å². The lowest BCUT2D eigenvalue weighted by Crippen LogP contribution is -2.44. The van der Waals surface area contributed by atoms with E-state index in [1.54, 1.807) is 0 Å². The molecule has 1 unspecified atom stereocenters. The lowest BCUT2D eigenvalue weighted by molar-refractivity contribution is 0.128. The number of H-pyrrole nitrogens is 1. The number of likely N-dealkylation sites (N-methyl/N-ethyl adjacent to an activating group) is 1. The summed E-state index contributed by atoms with van der Waals surface area (Å²) in [6.07, 6.45) is 2.48. The maximum atomic E-state index is 13.4. The van der Waals surface area contributed by atoms with Gasteiger partial charge in [0.1, 0.15) is 5.82 Å². The van der Waals surface area contributed by atoms with Crippen LogP contribution in [0.4, 0.5) is 4.39 Å². The molecule has 0 radical (unpaired) electrons. The standard InChI is InChI=1S/C19H25FN4O/c1-13-17(20)19(25)22-18(21-13)15-8-6-14(7-9-15)11-24-10-4-5-16(12-24)23(2)3/h6-9,16H,4-5,10-12H2,1-3H3,(H,21,22,25). The molecular weight excluding hydrogens is 319 g/mol. The molecule has 5 nitrogen and oxygen atoms in total. The molecule has 1 aliphatic rings. The average Bonchev–Trinajstić information content (AvgIpc) is 2.60. The van der Waals surface area contributed by atoms with Gasteiger partial charge in [-0.1, -0.05) is 24.3 Å². The van der Waals surface area contributed by atoms with Crippen molar-refractivity contribution in [3.05, 3.63) is 51.7 Å². The van der Waals surface area contributed by atoms with Gasteiger partial charge in [-0.05, 0) is 46.0 Å². The number of likely N-dealkylation sites (tertiary alicyclic amines) is 1. The van der Waals surface area contributed by atoms with E-state index in [2.05, 4.69) is 33.9 Å². The van der Waals surface area contributed by atoms with Crippen LogP contribution in [0, 0.1) is 12.7 Å². The average molecular weight is 344 g/mol. The summed E-state index contributed by atoms with van der Waals surface area (Å²) < 4.78 is 13.4. The summed E-state index contributed by atoms with van der Waals surface area (Å²) in [6.45, 7) is 4.62. The second-order valence-electron chi connectivity index (χ2n) is 7.01. The van der Waals surface area contributed by atoms with Crippen molar-refractivity contribution in [1.82, 2.24) is 19.8 Å². The molecule has 0 amide bonds. The maximum Gasteiger partial charge on any atom is 0.287 e. The van der Waals surface area contributed by atoms with Crippen LogP contribution in [0.1, 0.15) is 24.1 Å². The van der Waals surface area contributed by atoms with Crippen LogP contribution in [0.2, 0.25) is 0 Å². The van der Waals surface area contributed by atoms with E-state index in [1.165, 1.54) is 25.3 Å². The second kappa shape index (κ2) is 7.45. The third-order valence-corrected chi connectivity index (χ3v) is 4.87. The van der Waals surface area contributed by atoms with Crippen LogP contribution in [-0.2, 0) is 6.54 Å². The minimum Gasteiger partial charge on any atom is -0.305 e. The van der Waals surface area contributed by atoms with Crippen LogP contribution in [0.25, 0.3) is 11.4 Å². The van der Waals surface area contributed by atoms with E-state index in [0.29, 0.717) is 11.9 Å². The number of hydrogen-bond donors (Lipinski definition) is 1. The normalized spacial score (nSPS) is 18.7. The number of benzene rings is 1. The highest BCUT2D eigenvalue weighted by Gasteiger charge is 2.21. The lowest BCUT2D eigenvalue weighted by Gasteiger charge is -2.36. The van der Waals surface area contributed by atoms with Crippen molar-refractivity contribution >= 4 is 0 Å². The molecule has 1 N–H and O–H groups in total. The van der Waals surface area contributed by atoms with Gasteiger partial charge in [0, 0.05) is 24.7 Å². The van der Waals surface area contributed by atoms with E-state index in [1.807, 2.05) is 24.3 Å². The first-order valence-corrected chi connectivity index (χ1v) is 8.68. The predicted molar refractivity (Wildman–Crippen MR) is 97.0 cm³/mol. The SMILES string of the molecule is Cc1nc(-c2ccc(CN3CCCC(N(C)C)C3)cc2)[nH]c(=O)c1F. The highest BCUT2D eigenvalue weighted by molar-refractivity contribution is 5.55. The van der Waals surface area contributed by atoms with Gasteiger partial charge in [-0.2, -0.15) is 4.39 Å². The van der Waals surface area contributed by atoms with Crippen molar-refractivity contribution in [2.45, 2.75) is 32.4 Å². The van der Waals surface area contributed by atoms with Crippen LogP contribution >= 0.6 is 0 Å². The lowest BCUT2D eigenvalue weighted by atomic mass is 10.0. The van der Waals surface area contributed by atoms with Gasteiger partial charge in [-0.3, -0.25) is 9.69 Å². The Morgan fingerprint density at radius 3 is 2.68 bits per heavy atom. The number of hydrogen-bond acceptors (Lipinski definition) is 4. The molecule has 1 aromatic heterocycles. The molecule has 0 saturated carbocycles. The van der Waals surface area contributed by atoms with Crippen LogP contribution in [0.15, 0.2) is 29.1 Å². The van der Waals surface area contributed by atoms with Crippen LogP contribution < -0.4 is 5.56 Å². The van der Waals surface area contributed by atoms with E-state index < -0.39 is 11.4 Å². The van der Waals surface area contributed by atoms with Gasteiger partial charge in [0.05, 0.1) is 5.69 Å². The van der Waals surface area contributed by atoms with Crippen molar-refractivity contribution in [2.24, 2.45) is 0 Å². The largest absolute Gasteiger partial charge is 0.305 e. The van der Waals surface area contributed by atoms with E-state index in [9.17, 15) is 9.18 Å². The molecule has 1 aromatic carbocycles. The van der Waals surface area contributed by atoms with E-state index >= 15 is 0 Å². The monoisotopic (exact) mass is 344 g/mol. The number of nitrogens with zero attached hydrogens (tertiary/aromatic N) is 3. The second-order valence-corrected chi connectivity index (χ2v) is 7.01. The van der Waals surface area contributed by atoms with Crippen LogP contribution in [-0.4, -0.2) is 53.0 Å². The molecule has 2 aromatic rings. The number of aromatic amines is 1. The van der Waals surface area contributed by atoms with Crippen molar-refractivity contribution in [3.8, 4) is 11.4 Å². The molecule has 1 fully saturated rings. The zero-order valence-electron chi connectivity index (χ0n) is 15.1. The summed E-state index contributed by atoms with van der Waals surface area (Å²) in [5, 5.41) is 0. The van der Waals surface area contributed by atoms with Gasteiger partial charge in [-0.25, -0.2) is 4.98 Å². The maximum absolute atomic E-state index is 13.4. The molecule has 1 aliphatic heterocycles. The minimum absolute atomic E-state index is 0.117. The Hall–Kier alpha value is -2.05. The third kappa shape index (κ3) is 4.14. The van der Waals surface area contributed by atoms with Crippen LogP contribution in [0.5, 0.6) is 0 Å². The molecule has 1 saturated heterocycles. The molecule has 0 bridgehead atoms. The molecule has 6 heteroatoms. The Morgan fingerprint density at radius 2 is 2.04 bits per heavy atom. The quantitative estimate of drug-likeness (QED) is 0.925. The van der Waals surface area contributed by atoms with Gasteiger partial charge >= 0.3 is 0 Å². The molecule has 0 aliphatic carbocycles. The van der Waals surface area contributed by atoms with Gasteiger partial charge < -0.3 is 9.88 Å². The zero-order chi connectivity index (χ0) is 18.0. The fraction of sp³-hybridized carbons (Fsp3) is 0.474. The first kappa shape index (κ1) is 17.8. The molecule has 0 spiro atoms. The van der Waals surface area contributed by atoms with E-state index in [0.717, 1.165) is 25.2 Å². The van der Waals surface area contributed by atoms with Crippen molar-refractivity contribution in [3.63, 3.8) is 0 Å². The molecule has 134 valence electrons. The molecule has 3 rings (SSSR count). The number of aryl methyl sites for hydroxylation is 1. The Morgan fingerprint density at radius 1 is 1.32 bits per heavy atom. The first-order valence-electron chi connectivity index (χ1n) is 8.68. The number of halogens is 1. The molecule has 2 heterocycles. The highest BCUT2D eigenvalue weighted by atomic mass is 19.1. The fourth-order valence-corrected chi connectivity index (χ4v) is 3.33. The Balaban J connectivity index is 1.71. The van der Waals surface area contributed by atoms with Crippen molar-refractivity contribution in [1.29, 1.82) is 0 Å². The summed E-state index contributed by atoms with van der Waals surface area (Å²) in [6, 6.07) is 8.57. The Labute approximate surface area is 147 Å². The van der Waals surface area contributed by atoms with E-state index in [-0.39, 0.29) is 5.69 Å². The zero-order valence-corrected chi connectivity index (χ0v) is 15.1. The molecule has 1 atom stereocenters. The highest BCUT2D eigenvalue weighted by Crippen LogP contribution is 2.19. The van der Waals surface area contributed by atoms with Crippen molar-refractivity contribution < 1.29 is 4.39 Å². The summed E-state index contributed by atoms with van der Waals surface area (Å²) in [5.74, 6) is -0.415. The Bertz CT molecular complexity index is 785. The number of aromatic nitrogens is 2. The van der Waals surface area contributed by atoms with Gasteiger partial charge in [0.15, 0.2) is 0 Å². The van der Waals surface area contributed by atoms with Gasteiger partial charge in [-0.15, -0.1) is 0 Å². The molecular formula is C19H25FN4O. The first-order chi connectivity index (χ1) is 11.9. The Kier molecular flexibility index (Phi) is 5.30. The fourth-order valence-electron chi connectivity index (χ4n) is 3.33. The molecule has 25 heavy (non-hydrogen) atoms. The van der Waals surface area contributed by atoms with Gasteiger partial charge in [0.2, 0.25) is 5.82 Å². The number of rotatable bonds is 4. The predicted octanol–water partition coefficient (Wildman–Crippen LogP) is 2.41. The smallest absolute Gasteiger partial charge is 0.287 e. The van der Waals surface area contributed by atoms with Gasteiger partial charge in [0.25, 0.3) is 5.56 Å². The van der Waals surface area contributed by atoms with Crippen molar-refractivity contribution in [2.75, 3.05) is 27.2 Å². The summed E-state index contributed by atoms with van der Waals surface area (Å²) in [5.41, 5.74) is 1.40. The summed E-state index contributed by atoms with van der Waals surface area (Å²) in [4.78, 5) is 23.0.